The van der Waals surface area contributed by atoms with Crippen LogP contribution in [0, 0.1) is 17.1 Å². The number of rotatable bonds is 7. The maximum atomic E-state index is 13.6. The number of nitrogens with zero attached hydrogens (tertiary/aromatic N) is 1. The monoisotopic (exact) mass is 377 g/mol. The lowest BCUT2D eigenvalue weighted by Crippen LogP contribution is -2.35. The van der Waals surface area contributed by atoms with E-state index in [4.69, 9.17) is 10.00 Å². The van der Waals surface area contributed by atoms with Crippen molar-refractivity contribution < 1.29 is 22.3 Å². The highest BCUT2D eigenvalue weighted by atomic mass is 32.2. The minimum absolute atomic E-state index is 0.0876. The fraction of sp³-hybridized carbons (Fsp3) is 0.176. The molecule has 0 saturated heterocycles. The Balaban J connectivity index is 1.93. The van der Waals surface area contributed by atoms with Crippen LogP contribution in [0.4, 0.5) is 10.1 Å². The number of methoxy groups -OCH3 is 1. The summed E-state index contributed by atoms with van der Waals surface area (Å²) in [7, 11) is -2.79. The molecular weight excluding hydrogens is 361 g/mol. The number of benzene rings is 2. The number of aryl methyl sites for hydroxylation is 1. The minimum Gasteiger partial charge on any atom is -0.494 e. The minimum atomic E-state index is -4.14. The molecule has 0 saturated carbocycles. The van der Waals surface area contributed by atoms with Gasteiger partial charge >= 0.3 is 10.2 Å². The first-order chi connectivity index (χ1) is 12.3. The molecular formula is C17H16FN3O4S. The molecule has 0 spiro atoms. The Morgan fingerprint density at radius 3 is 2.69 bits per heavy atom. The molecule has 2 rings (SSSR count). The van der Waals surface area contributed by atoms with Crippen LogP contribution in [-0.4, -0.2) is 21.4 Å². The van der Waals surface area contributed by atoms with Crippen molar-refractivity contribution in [3.8, 4) is 11.8 Å². The molecule has 7 nitrogen and oxygen atoms in total. The molecule has 0 aromatic heterocycles. The molecule has 0 aliphatic carbocycles. The van der Waals surface area contributed by atoms with Gasteiger partial charge < -0.3 is 4.74 Å². The smallest absolute Gasteiger partial charge is 0.323 e. The molecule has 0 fully saturated rings. The zero-order chi connectivity index (χ0) is 19.2. The highest BCUT2D eigenvalue weighted by Gasteiger charge is 2.15. The van der Waals surface area contributed by atoms with Gasteiger partial charge in [-0.2, -0.15) is 13.7 Å². The molecule has 0 radical (unpaired) electrons. The molecule has 136 valence electrons. The summed E-state index contributed by atoms with van der Waals surface area (Å²) in [6.45, 7) is 0. The molecule has 9 heteroatoms. The van der Waals surface area contributed by atoms with Crippen molar-refractivity contribution >= 4 is 21.8 Å². The van der Waals surface area contributed by atoms with Crippen molar-refractivity contribution in [1.29, 1.82) is 5.26 Å². The first kappa shape index (κ1) is 19.2. The van der Waals surface area contributed by atoms with Crippen LogP contribution in [0.5, 0.6) is 5.75 Å². The summed E-state index contributed by atoms with van der Waals surface area (Å²) in [6.07, 6.45) is 0.0110. The average molecular weight is 377 g/mol. The molecule has 0 unspecified atom stereocenters. The molecule has 0 heterocycles. The van der Waals surface area contributed by atoms with E-state index in [9.17, 15) is 17.6 Å². The van der Waals surface area contributed by atoms with Gasteiger partial charge in [-0.15, -0.1) is 0 Å². The number of anilines is 1. The van der Waals surface area contributed by atoms with Crippen molar-refractivity contribution in [2.75, 3.05) is 11.8 Å². The lowest BCUT2D eigenvalue weighted by molar-refractivity contribution is -0.119. The summed E-state index contributed by atoms with van der Waals surface area (Å²) in [5.74, 6) is -1.22. The van der Waals surface area contributed by atoms with Gasteiger partial charge in [0, 0.05) is 6.42 Å². The van der Waals surface area contributed by atoms with E-state index in [1.807, 2.05) is 10.8 Å². The summed E-state index contributed by atoms with van der Waals surface area (Å²) in [6, 6.07) is 12.0. The van der Waals surface area contributed by atoms with Crippen LogP contribution in [0.25, 0.3) is 0 Å². The lowest BCUT2D eigenvalue weighted by atomic mass is 10.1. The number of nitriles is 1. The zero-order valence-corrected chi connectivity index (χ0v) is 14.6. The number of amides is 1. The van der Waals surface area contributed by atoms with Crippen LogP contribution in [0.15, 0.2) is 42.5 Å². The summed E-state index contributed by atoms with van der Waals surface area (Å²) < 4.78 is 46.3. The summed E-state index contributed by atoms with van der Waals surface area (Å²) in [5, 5.41) is 8.80. The standard InChI is InChI=1S/C17H16FN3O4S/c1-25-16-7-5-12(10-15(16)18)6-8-17(22)21-26(23,24)20-14-4-2-3-13(9-14)11-19/h2-5,7,9-10,20H,6,8H2,1H3,(H,21,22). The normalized spacial score (nSPS) is 10.7. The predicted molar refractivity (Wildman–Crippen MR) is 93.1 cm³/mol. The third kappa shape index (κ3) is 5.46. The molecule has 0 atom stereocenters. The molecule has 1 amide bonds. The quantitative estimate of drug-likeness (QED) is 0.768. The van der Waals surface area contributed by atoms with Gasteiger partial charge in [0.15, 0.2) is 11.6 Å². The van der Waals surface area contributed by atoms with E-state index < -0.39 is 21.9 Å². The molecule has 2 aromatic rings. The Labute approximate surface area is 150 Å². The maximum Gasteiger partial charge on any atom is 0.323 e. The van der Waals surface area contributed by atoms with Crippen molar-refractivity contribution in [3.05, 3.63) is 59.4 Å². The summed E-state index contributed by atoms with van der Waals surface area (Å²) in [4.78, 5) is 11.9. The number of hydrogen-bond acceptors (Lipinski definition) is 5. The second-order valence-electron chi connectivity index (χ2n) is 5.29. The largest absolute Gasteiger partial charge is 0.494 e. The van der Waals surface area contributed by atoms with Gasteiger partial charge in [-0.3, -0.25) is 9.52 Å². The fourth-order valence-corrected chi connectivity index (χ4v) is 3.05. The maximum absolute atomic E-state index is 13.6. The van der Waals surface area contributed by atoms with E-state index in [-0.39, 0.29) is 29.8 Å². The second-order valence-corrected chi connectivity index (χ2v) is 6.71. The number of carbonyl (C=O) groups excluding carboxylic acids is 1. The number of carbonyl (C=O) groups is 1. The number of hydrogen-bond donors (Lipinski definition) is 2. The number of nitrogens with one attached hydrogen (secondary N) is 2. The molecule has 0 bridgehead atoms. The van der Waals surface area contributed by atoms with Gasteiger partial charge in [-0.25, -0.2) is 9.11 Å². The van der Waals surface area contributed by atoms with Crippen LogP contribution >= 0.6 is 0 Å². The van der Waals surface area contributed by atoms with Gasteiger partial charge in [0.2, 0.25) is 5.91 Å². The third-order valence-corrected chi connectivity index (χ3v) is 4.35. The topological polar surface area (TPSA) is 108 Å². The van der Waals surface area contributed by atoms with Crippen LogP contribution in [0.1, 0.15) is 17.5 Å². The molecule has 0 aliphatic rings. The number of ether oxygens (including phenoxy) is 1. The lowest BCUT2D eigenvalue weighted by Gasteiger charge is -2.10. The SMILES string of the molecule is COc1ccc(CCC(=O)NS(=O)(=O)Nc2cccc(C#N)c2)cc1F. The van der Waals surface area contributed by atoms with E-state index in [0.717, 1.165) is 0 Å². The Kier molecular flexibility index (Phi) is 6.14. The van der Waals surface area contributed by atoms with Crippen LogP contribution in [-0.2, 0) is 21.4 Å². The fourth-order valence-electron chi connectivity index (χ4n) is 2.16. The molecule has 26 heavy (non-hydrogen) atoms. The van der Waals surface area contributed by atoms with E-state index in [1.54, 1.807) is 6.07 Å². The van der Waals surface area contributed by atoms with Crippen molar-refractivity contribution in [1.82, 2.24) is 4.72 Å². The van der Waals surface area contributed by atoms with Gasteiger partial charge in [-0.05, 0) is 42.3 Å². The molecule has 0 aliphatic heterocycles. The molecule has 2 aromatic carbocycles. The van der Waals surface area contributed by atoms with E-state index in [2.05, 4.69) is 4.72 Å². The Bertz CT molecular complexity index is 955. The van der Waals surface area contributed by atoms with E-state index in [1.165, 1.54) is 43.5 Å². The average Bonchev–Trinajstić information content (AvgIpc) is 2.59. The zero-order valence-electron chi connectivity index (χ0n) is 13.8. The third-order valence-electron chi connectivity index (χ3n) is 3.35. The van der Waals surface area contributed by atoms with Crippen LogP contribution in [0.2, 0.25) is 0 Å². The summed E-state index contributed by atoms with van der Waals surface area (Å²) in [5.41, 5.74) is 0.963. The van der Waals surface area contributed by atoms with Gasteiger partial charge in [-0.1, -0.05) is 12.1 Å². The Morgan fingerprint density at radius 1 is 1.27 bits per heavy atom. The first-order valence-electron chi connectivity index (χ1n) is 7.49. The van der Waals surface area contributed by atoms with E-state index >= 15 is 0 Å². The van der Waals surface area contributed by atoms with Crippen molar-refractivity contribution in [2.45, 2.75) is 12.8 Å². The van der Waals surface area contributed by atoms with Crippen molar-refractivity contribution in [2.24, 2.45) is 0 Å². The van der Waals surface area contributed by atoms with Gasteiger partial charge in [0.25, 0.3) is 0 Å². The molecule has 2 N–H and O–H groups in total. The predicted octanol–water partition coefficient (Wildman–Crippen LogP) is 2.11. The van der Waals surface area contributed by atoms with Gasteiger partial charge in [0.05, 0.1) is 24.4 Å². The highest BCUT2D eigenvalue weighted by molar-refractivity contribution is 7.91. The summed E-state index contributed by atoms with van der Waals surface area (Å²) >= 11 is 0. The Hall–Kier alpha value is -3.12. The van der Waals surface area contributed by atoms with Crippen molar-refractivity contribution in [3.63, 3.8) is 0 Å². The van der Waals surface area contributed by atoms with Gasteiger partial charge in [0.1, 0.15) is 0 Å². The highest BCUT2D eigenvalue weighted by Crippen LogP contribution is 2.18. The first-order valence-corrected chi connectivity index (χ1v) is 8.97. The van der Waals surface area contributed by atoms with Crippen LogP contribution in [0.3, 0.4) is 0 Å². The van der Waals surface area contributed by atoms with Crippen LogP contribution < -0.4 is 14.2 Å². The number of halogens is 1. The second kappa shape index (κ2) is 8.31. The van der Waals surface area contributed by atoms with E-state index in [0.29, 0.717) is 5.56 Å². The Morgan fingerprint density at radius 2 is 2.04 bits per heavy atom.